The molecular formula is C14H14NO5P. The predicted molar refractivity (Wildman–Crippen MR) is 79.8 cm³/mol. The molecule has 0 fully saturated rings. The van der Waals surface area contributed by atoms with Crippen molar-refractivity contribution >= 4 is 13.9 Å². The molecule has 0 N–H and O–H groups in total. The minimum absolute atomic E-state index is 0.0139. The highest BCUT2D eigenvalue weighted by molar-refractivity contribution is 7.33. The van der Waals surface area contributed by atoms with E-state index < -0.39 is 13.2 Å². The van der Waals surface area contributed by atoms with E-state index in [4.69, 9.17) is 9.05 Å². The maximum Gasteiger partial charge on any atom is 0.367 e. The Morgan fingerprint density at radius 2 is 1.81 bits per heavy atom. The lowest BCUT2D eigenvalue weighted by Gasteiger charge is -2.10. The molecule has 0 heterocycles. The third kappa shape index (κ3) is 3.90. The van der Waals surface area contributed by atoms with E-state index in [0.717, 1.165) is 5.56 Å². The average molecular weight is 307 g/mol. The lowest BCUT2D eigenvalue weighted by molar-refractivity contribution is -0.384. The highest BCUT2D eigenvalue weighted by atomic mass is 31.1. The molecular weight excluding hydrogens is 293 g/mol. The molecule has 110 valence electrons. The largest absolute Gasteiger partial charge is 0.426 e. The number of non-ortho nitro benzene ring substituents is 1. The van der Waals surface area contributed by atoms with Crippen LogP contribution in [-0.4, -0.2) is 11.5 Å². The van der Waals surface area contributed by atoms with Gasteiger partial charge in [-0.3, -0.25) is 10.1 Å². The van der Waals surface area contributed by atoms with Gasteiger partial charge < -0.3 is 9.05 Å². The molecule has 6 nitrogen and oxygen atoms in total. The Kier molecular flexibility index (Phi) is 5.09. The zero-order valence-electron chi connectivity index (χ0n) is 11.3. The number of nitro benzene ring substituents is 1. The van der Waals surface area contributed by atoms with E-state index in [1.807, 2.05) is 6.07 Å². The monoisotopic (exact) mass is 307 g/mol. The van der Waals surface area contributed by atoms with Crippen LogP contribution in [0.4, 0.5) is 5.69 Å². The molecule has 1 atom stereocenters. The van der Waals surface area contributed by atoms with Gasteiger partial charge in [0.2, 0.25) is 0 Å². The summed E-state index contributed by atoms with van der Waals surface area (Å²) in [5.74, 6) is 0.420. The van der Waals surface area contributed by atoms with Gasteiger partial charge in [0.05, 0.1) is 11.5 Å². The number of nitrogens with zero attached hydrogens (tertiary/aromatic N) is 1. The second-order valence-corrected chi connectivity index (χ2v) is 5.08. The van der Waals surface area contributed by atoms with Crippen molar-refractivity contribution in [2.75, 3.05) is 6.61 Å². The van der Waals surface area contributed by atoms with Crippen LogP contribution in [0.15, 0.2) is 48.5 Å². The molecule has 21 heavy (non-hydrogen) atoms. The van der Waals surface area contributed by atoms with Gasteiger partial charge in [-0.05, 0) is 30.7 Å². The van der Waals surface area contributed by atoms with E-state index >= 15 is 0 Å². The molecule has 1 unspecified atom stereocenters. The van der Waals surface area contributed by atoms with Gasteiger partial charge in [0.15, 0.2) is 0 Å². The van der Waals surface area contributed by atoms with Gasteiger partial charge in [-0.1, -0.05) is 18.2 Å². The first-order chi connectivity index (χ1) is 10.1. The Bertz CT molecular complexity index is 657. The second kappa shape index (κ2) is 7.02. The van der Waals surface area contributed by atoms with Crippen LogP contribution in [0.1, 0.15) is 6.92 Å². The second-order valence-electron chi connectivity index (χ2n) is 4.09. The minimum atomic E-state index is -2.60. The number of rotatable bonds is 6. The van der Waals surface area contributed by atoms with Crippen LogP contribution in [0.3, 0.4) is 0 Å². The first kappa shape index (κ1) is 15.2. The summed E-state index contributed by atoms with van der Waals surface area (Å²) in [5.41, 5.74) is 1.45. The Morgan fingerprint density at radius 1 is 1.14 bits per heavy atom. The highest BCUT2D eigenvalue weighted by Crippen LogP contribution is 2.36. The number of hydrogen-bond acceptors (Lipinski definition) is 5. The predicted octanol–water partition coefficient (Wildman–Crippen LogP) is 4.07. The highest BCUT2D eigenvalue weighted by Gasteiger charge is 2.11. The molecule has 0 aliphatic heterocycles. The summed E-state index contributed by atoms with van der Waals surface area (Å²) < 4.78 is 21.8. The van der Waals surface area contributed by atoms with Crippen molar-refractivity contribution in [3.63, 3.8) is 0 Å². The van der Waals surface area contributed by atoms with Crippen molar-refractivity contribution in [3.05, 3.63) is 58.6 Å². The van der Waals surface area contributed by atoms with Crippen LogP contribution in [0, 0.1) is 10.1 Å². The fourth-order valence-corrected chi connectivity index (χ4v) is 2.45. The van der Waals surface area contributed by atoms with Crippen LogP contribution >= 0.6 is 8.25 Å². The molecule has 0 saturated carbocycles. The normalized spacial score (nSPS) is 11.9. The third-order valence-electron chi connectivity index (χ3n) is 2.73. The summed E-state index contributed by atoms with van der Waals surface area (Å²) in [6, 6.07) is 13.1. The summed E-state index contributed by atoms with van der Waals surface area (Å²) in [4.78, 5) is 10.2. The van der Waals surface area contributed by atoms with Crippen molar-refractivity contribution in [2.24, 2.45) is 0 Å². The van der Waals surface area contributed by atoms with Crippen LogP contribution < -0.4 is 4.52 Å². The standard InChI is InChI=1S/C14H14NO5P/c1-2-19-21(18)20-14-6-4-3-5-13(14)11-7-9-12(10-8-11)15(16)17/h3-10,21H,2H2,1H3. The molecule has 2 aromatic carbocycles. The number of benzene rings is 2. The van der Waals surface area contributed by atoms with E-state index in [0.29, 0.717) is 17.9 Å². The summed E-state index contributed by atoms with van der Waals surface area (Å²) in [6.45, 7) is 2.03. The summed E-state index contributed by atoms with van der Waals surface area (Å²) in [5, 5.41) is 10.7. The lowest BCUT2D eigenvalue weighted by atomic mass is 10.0. The molecule has 0 bridgehead atoms. The maximum absolute atomic E-state index is 11.6. The van der Waals surface area contributed by atoms with E-state index in [1.165, 1.54) is 12.1 Å². The molecule has 0 radical (unpaired) electrons. The molecule has 0 spiro atoms. The van der Waals surface area contributed by atoms with Crippen molar-refractivity contribution < 1.29 is 18.5 Å². The van der Waals surface area contributed by atoms with Gasteiger partial charge in [0.1, 0.15) is 5.75 Å². The van der Waals surface area contributed by atoms with Gasteiger partial charge in [-0.2, -0.15) is 0 Å². The Morgan fingerprint density at radius 3 is 2.43 bits per heavy atom. The zero-order chi connectivity index (χ0) is 15.2. The van der Waals surface area contributed by atoms with E-state index in [9.17, 15) is 14.7 Å². The zero-order valence-corrected chi connectivity index (χ0v) is 12.3. The summed E-state index contributed by atoms with van der Waals surface area (Å²) >= 11 is 0. The SMILES string of the molecule is CCO[PH](=O)Oc1ccccc1-c1ccc([N+](=O)[O-])cc1. The Balaban J connectivity index is 2.31. The minimum Gasteiger partial charge on any atom is -0.426 e. The van der Waals surface area contributed by atoms with Crippen LogP contribution in [0.5, 0.6) is 5.75 Å². The van der Waals surface area contributed by atoms with Crippen molar-refractivity contribution in [2.45, 2.75) is 6.92 Å². The maximum atomic E-state index is 11.6. The van der Waals surface area contributed by atoms with Gasteiger partial charge in [-0.25, -0.2) is 4.57 Å². The van der Waals surface area contributed by atoms with Gasteiger partial charge >= 0.3 is 8.25 Å². The molecule has 0 saturated heterocycles. The van der Waals surface area contributed by atoms with Crippen LogP contribution in [0.2, 0.25) is 0 Å². The number of nitro groups is 1. The quantitative estimate of drug-likeness (QED) is 0.456. The van der Waals surface area contributed by atoms with Crippen LogP contribution in [-0.2, 0) is 9.09 Å². The Hall–Kier alpha value is -2.17. The van der Waals surface area contributed by atoms with Gasteiger partial charge in [0, 0.05) is 17.7 Å². The Labute approximate surface area is 122 Å². The molecule has 0 aliphatic rings. The summed E-state index contributed by atoms with van der Waals surface area (Å²) in [7, 11) is -2.60. The molecule has 2 rings (SSSR count). The number of para-hydroxylation sites is 1. The molecule has 0 aromatic heterocycles. The van der Waals surface area contributed by atoms with Gasteiger partial charge in [0.25, 0.3) is 5.69 Å². The van der Waals surface area contributed by atoms with Crippen molar-refractivity contribution in [3.8, 4) is 16.9 Å². The molecule has 0 aliphatic carbocycles. The van der Waals surface area contributed by atoms with Crippen LogP contribution in [0.25, 0.3) is 11.1 Å². The number of hydrogen-bond donors (Lipinski definition) is 0. The lowest BCUT2D eigenvalue weighted by Crippen LogP contribution is -1.90. The fourth-order valence-electron chi connectivity index (χ4n) is 1.79. The summed E-state index contributed by atoms with van der Waals surface area (Å²) in [6.07, 6.45) is 0. The van der Waals surface area contributed by atoms with Gasteiger partial charge in [-0.15, -0.1) is 0 Å². The third-order valence-corrected chi connectivity index (χ3v) is 3.64. The van der Waals surface area contributed by atoms with E-state index in [-0.39, 0.29) is 5.69 Å². The van der Waals surface area contributed by atoms with Crippen molar-refractivity contribution in [1.82, 2.24) is 0 Å². The van der Waals surface area contributed by atoms with E-state index in [2.05, 4.69) is 0 Å². The van der Waals surface area contributed by atoms with E-state index in [1.54, 1.807) is 37.3 Å². The first-order valence-electron chi connectivity index (χ1n) is 6.30. The topological polar surface area (TPSA) is 78.7 Å². The molecule has 7 heteroatoms. The average Bonchev–Trinajstić information content (AvgIpc) is 2.48. The molecule has 0 amide bonds. The first-order valence-corrected chi connectivity index (χ1v) is 7.52. The van der Waals surface area contributed by atoms with Crippen molar-refractivity contribution in [1.29, 1.82) is 0 Å². The molecule has 2 aromatic rings. The fraction of sp³-hybridized carbons (Fsp3) is 0.143. The smallest absolute Gasteiger partial charge is 0.367 e.